The van der Waals surface area contributed by atoms with Crippen LogP contribution in [0.4, 0.5) is 0 Å². The largest absolute Gasteiger partial charge is 0.460 e. The third-order valence-electron chi connectivity index (χ3n) is 2.42. The minimum absolute atomic E-state index is 0.0324. The molecule has 0 aromatic carbocycles. The molecule has 0 bridgehead atoms. The SMILES string of the molecule is CC(C)N1C(=O)C=CC1=O.CC(C)OC(=O)/C=C/C(=O)OC(C)C. The first kappa shape index (κ1) is 21.6. The summed E-state index contributed by atoms with van der Waals surface area (Å²) >= 11 is 0. The summed E-state index contributed by atoms with van der Waals surface area (Å²) in [6.45, 7) is 10.6. The number of nitrogens with zero attached hydrogens (tertiary/aromatic N) is 1. The molecule has 0 aromatic rings. The number of ether oxygens (including phenoxy) is 2. The molecule has 1 aliphatic heterocycles. The van der Waals surface area contributed by atoms with Crippen LogP contribution in [0.15, 0.2) is 24.3 Å². The van der Waals surface area contributed by atoms with E-state index in [1.807, 2.05) is 13.8 Å². The average molecular weight is 339 g/mol. The normalized spacial score (nSPS) is 13.8. The van der Waals surface area contributed by atoms with Gasteiger partial charge in [-0.05, 0) is 41.5 Å². The van der Waals surface area contributed by atoms with Crippen molar-refractivity contribution in [3.8, 4) is 0 Å². The van der Waals surface area contributed by atoms with E-state index in [0.717, 1.165) is 12.2 Å². The Kier molecular flexibility index (Phi) is 9.30. The maximum atomic E-state index is 10.9. The highest BCUT2D eigenvalue weighted by molar-refractivity contribution is 6.13. The minimum Gasteiger partial charge on any atom is -0.460 e. The summed E-state index contributed by atoms with van der Waals surface area (Å²) in [5.41, 5.74) is 0. The third-order valence-corrected chi connectivity index (χ3v) is 2.42. The van der Waals surface area contributed by atoms with E-state index in [1.54, 1.807) is 27.7 Å². The lowest BCUT2D eigenvalue weighted by molar-refractivity contribution is -0.144. The first-order chi connectivity index (χ1) is 11.0. The highest BCUT2D eigenvalue weighted by Crippen LogP contribution is 2.07. The second-order valence-electron chi connectivity index (χ2n) is 5.78. The Morgan fingerprint density at radius 2 is 1.17 bits per heavy atom. The number of hydrogen-bond acceptors (Lipinski definition) is 6. The van der Waals surface area contributed by atoms with E-state index in [4.69, 9.17) is 9.47 Å². The second kappa shape index (κ2) is 10.4. The molecule has 0 N–H and O–H groups in total. The Labute approximate surface area is 142 Å². The van der Waals surface area contributed by atoms with Crippen molar-refractivity contribution in [2.75, 3.05) is 0 Å². The van der Waals surface area contributed by atoms with Gasteiger partial charge in [0.2, 0.25) is 0 Å². The van der Waals surface area contributed by atoms with Crippen molar-refractivity contribution in [3.05, 3.63) is 24.3 Å². The molecule has 0 aromatic heterocycles. The molecule has 0 spiro atoms. The molecule has 0 unspecified atom stereocenters. The minimum atomic E-state index is -0.541. The number of imide groups is 1. The second-order valence-corrected chi connectivity index (χ2v) is 5.78. The van der Waals surface area contributed by atoms with Gasteiger partial charge in [-0.1, -0.05) is 0 Å². The molecular weight excluding hydrogens is 314 g/mol. The van der Waals surface area contributed by atoms with Gasteiger partial charge in [0.1, 0.15) is 0 Å². The lowest BCUT2D eigenvalue weighted by Crippen LogP contribution is -2.36. The molecule has 0 saturated heterocycles. The standard InChI is InChI=1S/C10H16O4.C7H9NO2/c1-7(2)13-9(11)5-6-10(12)14-8(3)4;1-5(2)8-6(9)3-4-7(8)10/h5-8H,1-4H3;3-5H,1-2H3/b6-5+;. The molecule has 0 atom stereocenters. The van der Waals surface area contributed by atoms with Crippen LogP contribution in [0, 0.1) is 0 Å². The molecular formula is C17H25NO6. The zero-order chi connectivity index (χ0) is 18.9. The van der Waals surface area contributed by atoms with E-state index in [-0.39, 0.29) is 30.1 Å². The first-order valence-electron chi connectivity index (χ1n) is 7.69. The van der Waals surface area contributed by atoms with Gasteiger partial charge < -0.3 is 9.47 Å². The van der Waals surface area contributed by atoms with Gasteiger partial charge >= 0.3 is 11.9 Å². The van der Waals surface area contributed by atoms with Crippen LogP contribution in [0.3, 0.4) is 0 Å². The third kappa shape index (κ3) is 8.87. The van der Waals surface area contributed by atoms with Crippen molar-refractivity contribution in [2.45, 2.75) is 59.8 Å². The van der Waals surface area contributed by atoms with Gasteiger partial charge in [0.25, 0.3) is 11.8 Å². The summed E-state index contributed by atoms with van der Waals surface area (Å²) < 4.78 is 9.54. The van der Waals surface area contributed by atoms with E-state index >= 15 is 0 Å². The molecule has 24 heavy (non-hydrogen) atoms. The van der Waals surface area contributed by atoms with E-state index in [2.05, 4.69) is 0 Å². The molecule has 1 aliphatic rings. The van der Waals surface area contributed by atoms with Crippen LogP contribution in [0.1, 0.15) is 41.5 Å². The van der Waals surface area contributed by atoms with Crippen molar-refractivity contribution in [2.24, 2.45) is 0 Å². The van der Waals surface area contributed by atoms with Gasteiger partial charge in [-0.3, -0.25) is 14.5 Å². The lowest BCUT2D eigenvalue weighted by atomic mass is 10.3. The number of hydrogen-bond donors (Lipinski definition) is 0. The van der Waals surface area contributed by atoms with Crippen molar-refractivity contribution in [1.29, 1.82) is 0 Å². The van der Waals surface area contributed by atoms with Crippen LogP contribution >= 0.6 is 0 Å². The zero-order valence-electron chi connectivity index (χ0n) is 14.9. The smallest absolute Gasteiger partial charge is 0.331 e. The van der Waals surface area contributed by atoms with Crippen molar-refractivity contribution >= 4 is 23.8 Å². The summed E-state index contributed by atoms with van der Waals surface area (Å²) in [6, 6.07) is -0.0324. The van der Waals surface area contributed by atoms with E-state index in [1.165, 1.54) is 17.1 Å². The quantitative estimate of drug-likeness (QED) is 0.431. The number of rotatable bonds is 5. The molecule has 2 amide bonds. The Bertz CT molecular complexity index is 489. The number of carbonyl (C=O) groups excluding carboxylic acids is 4. The molecule has 0 aliphatic carbocycles. The fraction of sp³-hybridized carbons (Fsp3) is 0.529. The van der Waals surface area contributed by atoms with Gasteiger partial charge in [-0.2, -0.15) is 0 Å². The van der Waals surface area contributed by atoms with Crippen LogP contribution in [0.25, 0.3) is 0 Å². The highest BCUT2D eigenvalue weighted by Gasteiger charge is 2.25. The summed E-state index contributed by atoms with van der Waals surface area (Å²) in [7, 11) is 0. The fourth-order valence-corrected chi connectivity index (χ4v) is 1.60. The Morgan fingerprint density at radius 1 is 0.833 bits per heavy atom. The predicted octanol–water partition coefficient (Wildman–Crippen LogP) is 1.77. The van der Waals surface area contributed by atoms with E-state index in [9.17, 15) is 19.2 Å². The van der Waals surface area contributed by atoms with Gasteiger partial charge in [0.05, 0.1) is 12.2 Å². The first-order valence-corrected chi connectivity index (χ1v) is 7.69. The molecule has 1 rings (SSSR count). The van der Waals surface area contributed by atoms with Crippen LogP contribution in [0.5, 0.6) is 0 Å². The predicted molar refractivity (Wildman–Crippen MR) is 87.7 cm³/mol. The molecule has 7 nitrogen and oxygen atoms in total. The van der Waals surface area contributed by atoms with E-state index < -0.39 is 11.9 Å². The van der Waals surface area contributed by atoms with Gasteiger partial charge in [0.15, 0.2) is 0 Å². The summed E-state index contributed by atoms with van der Waals surface area (Å²) in [5.74, 6) is -1.50. The van der Waals surface area contributed by atoms with Gasteiger partial charge in [0, 0.05) is 30.3 Å². The summed E-state index contributed by atoms with van der Waals surface area (Å²) in [6.07, 6.45) is 4.33. The lowest BCUT2D eigenvalue weighted by Gasteiger charge is -2.17. The maximum Gasteiger partial charge on any atom is 0.331 e. The number of esters is 2. The zero-order valence-corrected chi connectivity index (χ0v) is 14.9. The Morgan fingerprint density at radius 3 is 1.38 bits per heavy atom. The maximum absolute atomic E-state index is 10.9. The van der Waals surface area contributed by atoms with E-state index in [0.29, 0.717) is 0 Å². The Balaban J connectivity index is 0.000000463. The average Bonchev–Trinajstić information content (AvgIpc) is 2.75. The summed E-state index contributed by atoms with van der Waals surface area (Å²) in [5, 5.41) is 0. The number of carbonyl (C=O) groups is 4. The molecule has 0 saturated carbocycles. The van der Waals surface area contributed by atoms with Crippen LogP contribution in [0.2, 0.25) is 0 Å². The van der Waals surface area contributed by atoms with Crippen molar-refractivity contribution in [3.63, 3.8) is 0 Å². The van der Waals surface area contributed by atoms with Gasteiger partial charge in [-0.15, -0.1) is 0 Å². The van der Waals surface area contributed by atoms with Crippen molar-refractivity contribution in [1.82, 2.24) is 4.90 Å². The van der Waals surface area contributed by atoms with Gasteiger partial charge in [-0.25, -0.2) is 9.59 Å². The molecule has 0 fully saturated rings. The Hall–Kier alpha value is -2.44. The molecule has 0 radical (unpaired) electrons. The van der Waals surface area contributed by atoms with Crippen LogP contribution in [-0.4, -0.2) is 46.9 Å². The number of amides is 2. The van der Waals surface area contributed by atoms with Crippen molar-refractivity contribution < 1.29 is 28.7 Å². The monoisotopic (exact) mass is 339 g/mol. The molecule has 1 heterocycles. The summed E-state index contributed by atoms with van der Waals surface area (Å²) in [4.78, 5) is 44.8. The fourth-order valence-electron chi connectivity index (χ4n) is 1.60. The van der Waals surface area contributed by atoms with Crippen LogP contribution in [-0.2, 0) is 28.7 Å². The molecule has 7 heteroatoms. The highest BCUT2D eigenvalue weighted by atomic mass is 16.5. The topological polar surface area (TPSA) is 90.0 Å². The van der Waals surface area contributed by atoms with Crippen LogP contribution < -0.4 is 0 Å². The molecule has 134 valence electrons.